The first-order valence-electron chi connectivity index (χ1n) is 10.4. The van der Waals surface area contributed by atoms with Gasteiger partial charge >= 0.3 is 0 Å². The number of nitrogens with one attached hydrogen (secondary N) is 1. The summed E-state index contributed by atoms with van der Waals surface area (Å²) in [4.78, 5) is 15.2. The fourth-order valence-corrected chi connectivity index (χ4v) is 4.06. The molecule has 1 heterocycles. The van der Waals surface area contributed by atoms with Crippen molar-refractivity contribution in [2.45, 2.75) is 38.8 Å². The number of aromatic nitrogens is 2. The van der Waals surface area contributed by atoms with Gasteiger partial charge in [0.15, 0.2) is 5.69 Å². The van der Waals surface area contributed by atoms with E-state index in [9.17, 15) is 9.18 Å². The molecule has 1 N–H and O–H groups in total. The van der Waals surface area contributed by atoms with Gasteiger partial charge in [-0.25, -0.2) is 9.07 Å². The lowest BCUT2D eigenvalue weighted by molar-refractivity contribution is 0.0944. The van der Waals surface area contributed by atoms with Crippen LogP contribution in [0.5, 0.6) is 0 Å². The second-order valence-electron chi connectivity index (χ2n) is 8.06. The lowest BCUT2D eigenvalue weighted by Crippen LogP contribution is -2.25. The van der Waals surface area contributed by atoms with Crippen molar-refractivity contribution in [3.05, 3.63) is 82.4 Å². The summed E-state index contributed by atoms with van der Waals surface area (Å²) in [6, 6.07) is 14.4. The van der Waals surface area contributed by atoms with Crippen LogP contribution in [0.15, 0.2) is 48.5 Å². The van der Waals surface area contributed by atoms with Crippen LogP contribution in [0.2, 0.25) is 0 Å². The summed E-state index contributed by atoms with van der Waals surface area (Å²) in [5.41, 5.74) is 5.65. The predicted octanol–water partition coefficient (Wildman–Crippen LogP) is 3.88. The Balaban J connectivity index is 1.58. The van der Waals surface area contributed by atoms with E-state index in [2.05, 4.69) is 21.4 Å². The van der Waals surface area contributed by atoms with Gasteiger partial charge in [0.05, 0.1) is 5.69 Å². The molecule has 6 heteroatoms. The molecule has 0 aliphatic heterocycles. The molecule has 30 heavy (non-hydrogen) atoms. The number of benzene rings is 2. The Labute approximate surface area is 176 Å². The van der Waals surface area contributed by atoms with Crippen LogP contribution >= 0.6 is 0 Å². The van der Waals surface area contributed by atoms with Crippen molar-refractivity contribution in [2.75, 3.05) is 14.1 Å². The summed E-state index contributed by atoms with van der Waals surface area (Å²) in [5.74, 6) is -0.442. The van der Waals surface area contributed by atoms with Crippen LogP contribution in [0.25, 0.3) is 5.69 Å². The van der Waals surface area contributed by atoms with Crippen molar-refractivity contribution >= 4 is 5.91 Å². The van der Waals surface area contributed by atoms with Crippen molar-refractivity contribution in [3.8, 4) is 5.69 Å². The Morgan fingerprint density at radius 1 is 1.07 bits per heavy atom. The molecule has 2 aromatic carbocycles. The van der Waals surface area contributed by atoms with Gasteiger partial charge in [-0.15, -0.1) is 0 Å². The van der Waals surface area contributed by atoms with E-state index in [0.717, 1.165) is 54.7 Å². The molecule has 1 amide bonds. The maximum atomic E-state index is 13.4. The molecule has 0 atom stereocenters. The summed E-state index contributed by atoms with van der Waals surface area (Å²) in [7, 11) is 4.06. The van der Waals surface area contributed by atoms with Crippen LogP contribution in [0, 0.1) is 5.82 Å². The second-order valence-corrected chi connectivity index (χ2v) is 8.06. The summed E-state index contributed by atoms with van der Waals surface area (Å²) in [6.07, 6.45) is 3.84. The lowest BCUT2D eigenvalue weighted by Gasteiger charge is -2.15. The Bertz CT molecular complexity index is 1040. The van der Waals surface area contributed by atoms with E-state index in [1.807, 2.05) is 37.0 Å². The molecular formula is C24H27FN4O. The number of carbonyl (C=O) groups is 1. The van der Waals surface area contributed by atoms with Gasteiger partial charge in [-0.1, -0.05) is 24.3 Å². The van der Waals surface area contributed by atoms with Gasteiger partial charge in [-0.3, -0.25) is 4.79 Å². The van der Waals surface area contributed by atoms with E-state index in [-0.39, 0.29) is 11.7 Å². The molecule has 4 rings (SSSR count). The van der Waals surface area contributed by atoms with E-state index >= 15 is 0 Å². The zero-order chi connectivity index (χ0) is 21.1. The molecule has 5 nitrogen and oxygen atoms in total. The molecule has 156 valence electrons. The Morgan fingerprint density at radius 2 is 1.77 bits per heavy atom. The first-order valence-corrected chi connectivity index (χ1v) is 10.4. The summed E-state index contributed by atoms with van der Waals surface area (Å²) in [6.45, 7) is 1.28. The van der Waals surface area contributed by atoms with E-state index in [1.165, 1.54) is 17.7 Å². The highest BCUT2D eigenvalue weighted by molar-refractivity contribution is 5.94. The van der Waals surface area contributed by atoms with Crippen LogP contribution in [0.3, 0.4) is 0 Å². The number of rotatable bonds is 6. The Morgan fingerprint density at radius 3 is 2.50 bits per heavy atom. The standard InChI is InChI=1S/C24H27FN4O/c1-28(2)16-18-8-4-3-7-17(18)15-26-24(30)23-21-9-5-6-10-22(21)29(27-23)20-13-11-19(25)12-14-20/h3-4,7-8,11-14H,5-6,9-10,15-16H2,1-2H3,(H,26,30). The monoisotopic (exact) mass is 406 g/mol. The van der Waals surface area contributed by atoms with Gasteiger partial charge in [0.1, 0.15) is 5.82 Å². The molecule has 0 radical (unpaired) electrons. The fourth-order valence-electron chi connectivity index (χ4n) is 4.06. The fraction of sp³-hybridized carbons (Fsp3) is 0.333. The number of hydrogen-bond donors (Lipinski definition) is 1. The number of hydrogen-bond acceptors (Lipinski definition) is 3. The third-order valence-corrected chi connectivity index (χ3v) is 5.51. The Hall–Kier alpha value is -2.99. The summed E-state index contributed by atoms with van der Waals surface area (Å²) in [5, 5.41) is 7.71. The van der Waals surface area contributed by atoms with Crippen LogP contribution in [-0.4, -0.2) is 34.7 Å². The van der Waals surface area contributed by atoms with Gasteiger partial charge in [-0.2, -0.15) is 5.10 Å². The molecule has 0 unspecified atom stereocenters. The SMILES string of the molecule is CN(C)Cc1ccccc1CNC(=O)c1nn(-c2ccc(F)cc2)c2c1CCCC2. The largest absolute Gasteiger partial charge is 0.347 e. The average molecular weight is 407 g/mol. The molecular weight excluding hydrogens is 379 g/mol. The maximum absolute atomic E-state index is 13.4. The second kappa shape index (κ2) is 8.79. The van der Waals surface area contributed by atoms with Crippen molar-refractivity contribution in [1.82, 2.24) is 20.0 Å². The topological polar surface area (TPSA) is 50.2 Å². The summed E-state index contributed by atoms with van der Waals surface area (Å²) >= 11 is 0. The van der Waals surface area contributed by atoms with Crippen LogP contribution < -0.4 is 5.32 Å². The van der Waals surface area contributed by atoms with E-state index in [0.29, 0.717) is 12.2 Å². The number of nitrogens with zero attached hydrogens (tertiary/aromatic N) is 3. The number of halogens is 1. The molecule has 0 saturated carbocycles. The van der Waals surface area contributed by atoms with E-state index in [1.54, 1.807) is 12.1 Å². The maximum Gasteiger partial charge on any atom is 0.272 e. The van der Waals surface area contributed by atoms with Crippen molar-refractivity contribution in [1.29, 1.82) is 0 Å². The minimum absolute atomic E-state index is 0.159. The average Bonchev–Trinajstić information content (AvgIpc) is 3.13. The zero-order valence-corrected chi connectivity index (χ0v) is 17.5. The van der Waals surface area contributed by atoms with E-state index < -0.39 is 0 Å². The Kier molecular flexibility index (Phi) is 5.95. The highest BCUT2D eigenvalue weighted by Crippen LogP contribution is 2.27. The van der Waals surface area contributed by atoms with Gasteiger partial charge in [0, 0.05) is 24.3 Å². The molecule has 3 aromatic rings. The van der Waals surface area contributed by atoms with Crippen LogP contribution in [0.1, 0.15) is 45.7 Å². The molecule has 0 fully saturated rings. The molecule has 0 saturated heterocycles. The lowest BCUT2D eigenvalue weighted by atomic mass is 9.95. The predicted molar refractivity (Wildman–Crippen MR) is 115 cm³/mol. The quantitative estimate of drug-likeness (QED) is 0.676. The van der Waals surface area contributed by atoms with Crippen molar-refractivity contribution in [3.63, 3.8) is 0 Å². The van der Waals surface area contributed by atoms with E-state index in [4.69, 9.17) is 0 Å². The van der Waals surface area contributed by atoms with Crippen LogP contribution in [-0.2, 0) is 25.9 Å². The van der Waals surface area contributed by atoms with Gasteiger partial charge < -0.3 is 10.2 Å². The highest BCUT2D eigenvalue weighted by atomic mass is 19.1. The first kappa shape index (κ1) is 20.3. The zero-order valence-electron chi connectivity index (χ0n) is 17.5. The first-order chi connectivity index (χ1) is 14.5. The van der Waals surface area contributed by atoms with Crippen molar-refractivity contribution in [2.24, 2.45) is 0 Å². The molecule has 1 aliphatic carbocycles. The third kappa shape index (κ3) is 4.28. The van der Waals surface area contributed by atoms with Crippen molar-refractivity contribution < 1.29 is 9.18 Å². The smallest absolute Gasteiger partial charge is 0.272 e. The molecule has 1 aromatic heterocycles. The van der Waals surface area contributed by atoms with Gasteiger partial charge in [0.25, 0.3) is 5.91 Å². The minimum Gasteiger partial charge on any atom is -0.347 e. The number of fused-ring (bicyclic) bond motifs is 1. The highest BCUT2D eigenvalue weighted by Gasteiger charge is 2.25. The molecule has 1 aliphatic rings. The normalized spacial score (nSPS) is 13.3. The summed E-state index contributed by atoms with van der Waals surface area (Å²) < 4.78 is 15.2. The molecule has 0 bridgehead atoms. The molecule has 0 spiro atoms. The number of amides is 1. The van der Waals surface area contributed by atoms with Gasteiger partial charge in [0.2, 0.25) is 0 Å². The minimum atomic E-state index is -0.283. The van der Waals surface area contributed by atoms with Crippen LogP contribution in [0.4, 0.5) is 4.39 Å². The third-order valence-electron chi connectivity index (χ3n) is 5.51. The number of carbonyl (C=O) groups excluding carboxylic acids is 1. The van der Waals surface area contributed by atoms with Gasteiger partial charge in [-0.05, 0) is 75.2 Å².